The van der Waals surface area contributed by atoms with Crippen LogP contribution in [0.1, 0.15) is 26.3 Å². The highest BCUT2D eigenvalue weighted by Crippen LogP contribution is 2.24. The molecule has 0 amide bonds. The predicted octanol–water partition coefficient (Wildman–Crippen LogP) is 3.24. The highest BCUT2D eigenvalue weighted by molar-refractivity contribution is 9.10. The van der Waals surface area contributed by atoms with Gasteiger partial charge in [-0.3, -0.25) is 14.9 Å². The summed E-state index contributed by atoms with van der Waals surface area (Å²) in [4.78, 5) is 22.0. The fraction of sp³-hybridized carbons (Fsp3) is 0.417. The Kier molecular flexibility index (Phi) is 4.45. The minimum atomic E-state index is -0.596. The summed E-state index contributed by atoms with van der Waals surface area (Å²) in [6, 6.07) is 4.58. The standard InChI is InChI=1S/C12H14BrNO4/c1-12(2,3)18-11(15)6-8-4-5-9(13)7-10(8)14(16)17/h4-5,7H,6H2,1-3H3. The maximum atomic E-state index is 11.6. The smallest absolute Gasteiger partial charge is 0.311 e. The number of esters is 1. The molecule has 18 heavy (non-hydrogen) atoms. The van der Waals surface area contributed by atoms with E-state index < -0.39 is 16.5 Å². The van der Waals surface area contributed by atoms with Gasteiger partial charge in [0.1, 0.15) is 5.60 Å². The van der Waals surface area contributed by atoms with Gasteiger partial charge in [0.25, 0.3) is 5.69 Å². The number of benzene rings is 1. The zero-order valence-corrected chi connectivity index (χ0v) is 12.0. The Hall–Kier alpha value is -1.43. The minimum absolute atomic E-state index is 0.0877. The molecule has 0 saturated heterocycles. The molecule has 0 bridgehead atoms. The summed E-state index contributed by atoms with van der Waals surface area (Å²) < 4.78 is 5.73. The molecule has 0 spiro atoms. The van der Waals surface area contributed by atoms with E-state index in [1.807, 2.05) is 0 Å². The average molecular weight is 316 g/mol. The third kappa shape index (κ3) is 4.44. The summed E-state index contributed by atoms with van der Waals surface area (Å²) in [5, 5.41) is 10.9. The summed E-state index contributed by atoms with van der Waals surface area (Å²) >= 11 is 3.16. The predicted molar refractivity (Wildman–Crippen MR) is 70.3 cm³/mol. The second-order valence-electron chi connectivity index (χ2n) is 4.79. The lowest BCUT2D eigenvalue weighted by atomic mass is 10.1. The lowest BCUT2D eigenvalue weighted by Gasteiger charge is -2.19. The first-order chi connectivity index (χ1) is 8.19. The molecule has 0 aliphatic rings. The van der Waals surface area contributed by atoms with Crippen molar-refractivity contribution < 1.29 is 14.5 Å². The zero-order chi connectivity index (χ0) is 13.9. The third-order valence-corrected chi connectivity index (χ3v) is 2.49. The van der Waals surface area contributed by atoms with Crippen molar-refractivity contribution in [1.29, 1.82) is 0 Å². The lowest BCUT2D eigenvalue weighted by molar-refractivity contribution is -0.385. The Balaban J connectivity index is 2.91. The van der Waals surface area contributed by atoms with Gasteiger partial charge in [-0.05, 0) is 26.8 Å². The number of nitrogens with zero attached hydrogens (tertiary/aromatic N) is 1. The van der Waals surface area contributed by atoms with Gasteiger partial charge in [-0.2, -0.15) is 0 Å². The molecule has 1 aromatic rings. The summed E-state index contributed by atoms with van der Waals surface area (Å²) in [6.07, 6.45) is -0.110. The van der Waals surface area contributed by atoms with E-state index in [0.717, 1.165) is 0 Å². The van der Waals surface area contributed by atoms with E-state index in [4.69, 9.17) is 4.74 Å². The van der Waals surface area contributed by atoms with Crippen LogP contribution >= 0.6 is 15.9 Å². The highest BCUT2D eigenvalue weighted by atomic mass is 79.9. The van der Waals surface area contributed by atoms with Crippen molar-refractivity contribution in [2.24, 2.45) is 0 Å². The van der Waals surface area contributed by atoms with Crippen LogP contribution in [-0.2, 0) is 16.0 Å². The first-order valence-corrected chi connectivity index (χ1v) is 6.13. The van der Waals surface area contributed by atoms with E-state index in [0.29, 0.717) is 10.0 Å². The van der Waals surface area contributed by atoms with E-state index in [1.165, 1.54) is 6.07 Å². The first-order valence-electron chi connectivity index (χ1n) is 5.34. The second-order valence-corrected chi connectivity index (χ2v) is 5.71. The van der Waals surface area contributed by atoms with Crippen LogP contribution in [0.25, 0.3) is 0 Å². The van der Waals surface area contributed by atoms with E-state index in [2.05, 4.69) is 15.9 Å². The molecule has 0 radical (unpaired) electrons. The quantitative estimate of drug-likeness (QED) is 0.488. The number of ether oxygens (including phenoxy) is 1. The molecule has 0 aliphatic heterocycles. The van der Waals surface area contributed by atoms with Crippen molar-refractivity contribution in [3.63, 3.8) is 0 Å². The summed E-state index contributed by atoms with van der Waals surface area (Å²) in [6.45, 7) is 5.25. The lowest BCUT2D eigenvalue weighted by Crippen LogP contribution is -2.25. The number of hydrogen-bond donors (Lipinski definition) is 0. The molecule has 5 nitrogen and oxygen atoms in total. The normalized spacial score (nSPS) is 11.1. The first kappa shape index (κ1) is 14.6. The molecule has 98 valence electrons. The topological polar surface area (TPSA) is 69.4 Å². The van der Waals surface area contributed by atoms with Gasteiger partial charge in [0.15, 0.2) is 0 Å². The van der Waals surface area contributed by atoms with Crippen LogP contribution in [0.5, 0.6) is 0 Å². The number of hydrogen-bond acceptors (Lipinski definition) is 4. The molecular formula is C12H14BrNO4. The fourth-order valence-corrected chi connectivity index (χ4v) is 1.74. The molecule has 1 aromatic carbocycles. The number of rotatable bonds is 3. The molecule has 0 aliphatic carbocycles. The van der Waals surface area contributed by atoms with E-state index in [9.17, 15) is 14.9 Å². The molecule has 0 N–H and O–H groups in total. The average Bonchev–Trinajstić information content (AvgIpc) is 2.17. The Labute approximate surface area is 113 Å². The molecule has 0 heterocycles. The van der Waals surface area contributed by atoms with Crippen LogP contribution in [0.2, 0.25) is 0 Å². The largest absolute Gasteiger partial charge is 0.460 e. The van der Waals surface area contributed by atoms with Crippen molar-refractivity contribution in [1.82, 2.24) is 0 Å². The van der Waals surface area contributed by atoms with E-state index in [1.54, 1.807) is 32.9 Å². The molecule has 0 atom stereocenters. The monoisotopic (exact) mass is 315 g/mol. The zero-order valence-electron chi connectivity index (χ0n) is 10.4. The second kappa shape index (κ2) is 5.48. The Morgan fingerprint density at radius 2 is 2.06 bits per heavy atom. The van der Waals surface area contributed by atoms with Gasteiger partial charge < -0.3 is 4.74 Å². The Morgan fingerprint density at radius 3 is 2.56 bits per heavy atom. The molecule has 1 rings (SSSR count). The fourth-order valence-electron chi connectivity index (χ4n) is 1.39. The van der Waals surface area contributed by atoms with Crippen LogP contribution in [-0.4, -0.2) is 16.5 Å². The van der Waals surface area contributed by atoms with Gasteiger partial charge in [0.2, 0.25) is 0 Å². The minimum Gasteiger partial charge on any atom is -0.460 e. The van der Waals surface area contributed by atoms with Crippen molar-refractivity contribution >= 4 is 27.6 Å². The third-order valence-electron chi connectivity index (χ3n) is 2.00. The van der Waals surface area contributed by atoms with Crippen LogP contribution in [0, 0.1) is 10.1 Å². The van der Waals surface area contributed by atoms with E-state index in [-0.39, 0.29) is 12.1 Å². The molecule has 6 heteroatoms. The van der Waals surface area contributed by atoms with E-state index >= 15 is 0 Å². The number of carbonyl (C=O) groups is 1. The number of carbonyl (C=O) groups excluding carboxylic acids is 1. The Bertz CT molecular complexity index is 479. The highest BCUT2D eigenvalue weighted by Gasteiger charge is 2.21. The van der Waals surface area contributed by atoms with Crippen molar-refractivity contribution in [2.45, 2.75) is 32.8 Å². The van der Waals surface area contributed by atoms with Crippen LogP contribution < -0.4 is 0 Å². The van der Waals surface area contributed by atoms with Crippen molar-refractivity contribution in [2.75, 3.05) is 0 Å². The molecule has 0 saturated carbocycles. The van der Waals surface area contributed by atoms with Gasteiger partial charge >= 0.3 is 5.97 Å². The van der Waals surface area contributed by atoms with Crippen LogP contribution in [0.4, 0.5) is 5.69 Å². The number of nitro groups is 1. The van der Waals surface area contributed by atoms with Gasteiger partial charge in [0.05, 0.1) is 11.3 Å². The van der Waals surface area contributed by atoms with Crippen molar-refractivity contribution in [3.8, 4) is 0 Å². The van der Waals surface area contributed by atoms with Gasteiger partial charge in [-0.25, -0.2) is 0 Å². The Morgan fingerprint density at radius 1 is 1.44 bits per heavy atom. The molecule has 0 unspecified atom stereocenters. The summed E-state index contributed by atoms with van der Waals surface area (Å²) in [7, 11) is 0. The van der Waals surface area contributed by atoms with Gasteiger partial charge in [0, 0.05) is 16.1 Å². The molecule has 0 fully saturated rings. The maximum Gasteiger partial charge on any atom is 0.311 e. The number of nitro benzene ring substituents is 1. The van der Waals surface area contributed by atoms with Crippen molar-refractivity contribution in [3.05, 3.63) is 38.3 Å². The van der Waals surface area contributed by atoms with Gasteiger partial charge in [-0.15, -0.1) is 0 Å². The summed E-state index contributed by atoms with van der Waals surface area (Å²) in [5.41, 5.74) is -0.339. The molecule has 0 aromatic heterocycles. The number of halogens is 1. The van der Waals surface area contributed by atoms with Gasteiger partial charge in [-0.1, -0.05) is 22.0 Å². The van der Waals surface area contributed by atoms with Crippen LogP contribution in [0.15, 0.2) is 22.7 Å². The maximum absolute atomic E-state index is 11.6. The molecular weight excluding hydrogens is 302 g/mol. The SMILES string of the molecule is CC(C)(C)OC(=O)Cc1ccc(Br)cc1[N+](=O)[O-]. The van der Waals surface area contributed by atoms with Crippen LogP contribution in [0.3, 0.4) is 0 Å². The summed E-state index contributed by atoms with van der Waals surface area (Å²) in [5.74, 6) is -0.479.